The topological polar surface area (TPSA) is 92.5 Å². The number of piperidine rings is 1. The molecule has 7 heteroatoms. The van der Waals surface area contributed by atoms with E-state index in [1.807, 2.05) is 36.4 Å². The van der Waals surface area contributed by atoms with Gasteiger partial charge in [0.15, 0.2) is 0 Å². The summed E-state index contributed by atoms with van der Waals surface area (Å²) in [6.07, 6.45) is 3.68. The fourth-order valence-electron chi connectivity index (χ4n) is 4.91. The third kappa shape index (κ3) is 5.33. The van der Waals surface area contributed by atoms with Gasteiger partial charge in [0.05, 0.1) is 4.90 Å². The van der Waals surface area contributed by atoms with Gasteiger partial charge in [-0.1, -0.05) is 61.0 Å². The van der Waals surface area contributed by atoms with Crippen molar-refractivity contribution < 1.29 is 13.2 Å². The molecule has 0 saturated carbocycles. The van der Waals surface area contributed by atoms with Gasteiger partial charge in [0.25, 0.3) is 5.91 Å². The lowest BCUT2D eigenvalue weighted by Crippen LogP contribution is -2.29. The van der Waals surface area contributed by atoms with Crippen molar-refractivity contribution in [2.45, 2.75) is 30.7 Å². The van der Waals surface area contributed by atoms with E-state index in [-0.39, 0.29) is 10.8 Å². The molecule has 1 aliphatic heterocycles. The Morgan fingerprint density at radius 2 is 1.64 bits per heavy atom. The van der Waals surface area contributed by atoms with Crippen LogP contribution in [0.3, 0.4) is 0 Å². The second-order valence-corrected chi connectivity index (χ2v) is 10.8. The molecule has 0 aliphatic carbocycles. The lowest BCUT2D eigenvalue weighted by Gasteiger charge is -2.27. The summed E-state index contributed by atoms with van der Waals surface area (Å²) in [4.78, 5) is 15.8. The third-order valence-corrected chi connectivity index (χ3v) is 7.67. The summed E-state index contributed by atoms with van der Waals surface area (Å²) in [6, 6.07) is 26.2. The molecule has 4 aromatic rings. The number of hydrogen-bond donors (Lipinski definition) is 2. The lowest BCUT2D eigenvalue weighted by atomic mass is 9.96. The van der Waals surface area contributed by atoms with Crippen molar-refractivity contribution in [3.8, 4) is 11.1 Å². The molecule has 4 aromatic carbocycles. The Morgan fingerprint density at radius 3 is 2.39 bits per heavy atom. The Hall–Kier alpha value is -3.52. The maximum atomic E-state index is 13.2. The molecule has 1 aliphatic rings. The molecule has 0 bridgehead atoms. The molecule has 0 spiro atoms. The summed E-state index contributed by atoms with van der Waals surface area (Å²) in [7, 11) is -3.84. The zero-order chi connectivity index (χ0) is 25.1. The van der Waals surface area contributed by atoms with Gasteiger partial charge in [-0.2, -0.15) is 0 Å². The Bertz CT molecular complexity index is 1510. The molecule has 0 aromatic heterocycles. The van der Waals surface area contributed by atoms with E-state index in [9.17, 15) is 13.2 Å². The highest BCUT2D eigenvalue weighted by Gasteiger charge is 2.17. The summed E-state index contributed by atoms with van der Waals surface area (Å²) in [5.41, 5.74) is 4.58. The first-order chi connectivity index (χ1) is 17.4. The molecule has 1 heterocycles. The molecule has 6 nitrogen and oxygen atoms in total. The third-order valence-electron chi connectivity index (χ3n) is 6.70. The van der Waals surface area contributed by atoms with Crippen molar-refractivity contribution in [2.75, 3.05) is 18.4 Å². The van der Waals surface area contributed by atoms with E-state index in [0.29, 0.717) is 22.0 Å². The molecule has 1 fully saturated rings. The number of nitrogens with one attached hydrogen (secondary N) is 1. The van der Waals surface area contributed by atoms with Crippen LogP contribution in [0.15, 0.2) is 89.8 Å². The first kappa shape index (κ1) is 24.2. The number of hydrogen-bond acceptors (Lipinski definition) is 4. The minimum atomic E-state index is -3.84. The second-order valence-electron chi connectivity index (χ2n) is 9.27. The zero-order valence-electron chi connectivity index (χ0n) is 20.0. The fraction of sp³-hybridized carbons (Fsp3) is 0.207. The van der Waals surface area contributed by atoms with E-state index in [1.165, 1.54) is 25.3 Å². The largest absolute Gasteiger partial charge is 0.322 e. The van der Waals surface area contributed by atoms with Crippen LogP contribution in [0.4, 0.5) is 5.69 Å². The number of carbonyl (C=O) groups excluding carboxylic acids is 1. The quantitative estimate of drug-likeness (QED) is 0.372. The molecular weight excluding hydrogens is 470 g/mol. The predicted octanol–water partition coefficient (Wildman–Crippen LogP) is 5.39. The van der Waals surface area contributed by atoms with Crippen LogP contribution in [0.25, 0.3) is 21.9 Å². The molecule has 0 unspecified atom stereocenters. The number of likely N-dealkylation sites (tertiary alicyclic amines) is 1. The fourth-order valence-corrected chi connectivity index (χ4v) is 5.67. The Balaban J connectivity index is 1.44. The molecule has 3 N–H and O–H groups in total. The minimum absolute atomic E-state index is 0.0664. The Morgan fingerprint density at radius 1 is 0.861 bits per heavy atom. The monoisotopic (exact) mass is 499 g/mol. The van der Waals surface area contributed by atoms with Gasteiger partial charge in [0.2, 0.25) is 10.0 Å². The Labute approximate surface area is 211 Å². The molecule has 0 radical (unpaired) electrons. The van der Waals surface area contributed by atoms with Crippen molar-refractivity contribution in [3.05, 3.63) is 96.1 Å². The molecular formula is C29H29N3O3S. The van der Waals surface area contributed by atoms with Crippen molar-refractivity contribution in [1.29, 1.82) is 0 Å². The molecule has 0 atom stereocenters. The van der Waals surface area contributed by atoms with Crippen molar-refractivity contribution in [3.63, 3.8) is 0 Å². The number of carbonyl (C=O) groups is 1. The van der Waals surface area contributed by atoms with Gasteiger partial charge in [-0.3, -0.25) is 9.69 Å². The van der Waals surface area contributed by atoms with Crippen molar-refractivity contribution in [2.24, 2.45) is 5.14 Å². The maximum absolute atomic E-state index is 13.2. The first-order valence-electron chi connectivity index (χ1n) is 12.2. The molecule has 5 rings (SSSR count). The van der Waals surface area contributed by atoms with E-state index < -0.39 is 10.0 Å². The van der Waals surface area contributed by atoms with Crippen molar-refractivity contribution in [1.82, 2.24) is 4.90 Å². The molecule has 1 saturated heterocycles. The Kier molecular flexibility index (Phi) is 6.87. The normalized spacial score (nSPS) is 14.6. The lowest BCUT2D eigenvalue weighted by molar-refractivity contribution is 0.102. The van der Waals surface area contributed by atoms with E-state index in [0.717, 1.165) is 36.3 Å². The van der Waals surface area contributed by atoms with Crippen LogP contribution in [0.1, 0.15) is 35.2 Å². The van der Waals surface area contributed by atoms with Crippen LogP contribution in [-0.4, -0.2) is 32.3 Å². The summed E-state index contributed by atoms with van der Waals surface area (Å²) >= 11 is 0. The van der Waals surface area contributed by atoms with Crippen LogP contribution in [0.5, 0.6) is 0 Å². The number of fused-ring (bicyclic) bond motifs is 1. The number of nitrogens with zero attached hydrogens (tertiary/aromatic N) is 1. The average molecular weight is 500 g/mol. The highest BCUT2D eigenvalue weighted by molar-refractivity contribution is 7.89. The van der Waals surface area contributed by atoms with E-state index in [2.05, 4.69) is 22.3 Å². The van der Waals surface area contributed by atoms with E-state index in [1.54, 1.807) is 30.3 Å². The summed E-state index contributed by atoms with van der Waals surface area (Å²) < 4.78 is 23.8. The van der Waals surface area contributed by atoms with Crippen LogP contribution in [0, 0.1) is 0 Å². The van der Waals surface area contributed by atoms with Crippen LogP contribution in [0.2, 0.25) is 0 Å². The minimum Gasteiger partial charge on any atom is -0.322 e. The van der Waals surface area contributed by atoms with Gasteiger partial charge >= 0.3 is 0 Å². The van der Waals surface area contributed by atoms with Crippen molar-refractivity contribution >= 4 is 32.4 Å². The van der Waals surface area contributed by atoms with Gasteiger partial charge in [0, 0.05) is 23.2 Å². The van der Waals surface area contributed by atoms with Gasteiger partial charge in [0.1, 0.15) is 0 Å². The summed E-state index contributed by atoms with van der Waals surface area (Å²) in [5, 5.41) is 9.52. The number of anilines is 1. The molecule has 36 heavy (non-hydrogen) atoms. The number of rotatable bonds is 6. The van der Waals surface area contributed by atoms with Gasteiger partial charge < -0.3 is 5.32 Å². The van der Waals surface area contributed by atoms with Gasteiger partial charge in [-0.15, -0.1) is 0 Å². The SMILES string of the molecule is NS(=O)(=O)c1cccc2cc(NC(=O)c3ccc(-c4ccccc4)c(CN4CCCCC4)c3)ccc12. The second kappa shape index (κ2) is 10.2. The number of nitrogens with two attached hydrogens (primary N) is 1. The number of sulfonamides is 1. The van der Waals surface area contributed by atoms with Gasteiger partial charge in [-0.25, -0.2) is 13.6 Å². The maximum Gasteiger partial charge on any atom is 0.255 e. The number of primary sulfonamides is 1. The summed E-state index contributed by atoms with van der Waals surface area (Å²) in [5.74, 6) is -0.212. The van der Waals surface area contributed by atoms with Gasteiger partial charge in [-0.05, 0) is 78.3 Å². The van der Waals surface area contributed by atoms with Crippen LogP contribution in [-0.2, 0) is 16.6 Å². The molecule has 1 amide bonds. The highest BCUT2D eigenvalue weighted by atomic mass is 32.2. The first-order valence-corrected chi connectivity index (χ1v) is 13.7. The average Bonchev–Trinajstić information content (AvgIpc) is 2.89. The molecule has 184 valence electrons. The zero-order valence-corrected chi connectivity index (χ0v) is 20.8. The number of amides is 1. The van der Waals surface area contributed by atoms with E-state index >= 15 is 0 Å². The highest BCUT2D eigenvalue weighted by Crippen LogP contribution is 2.28. The van der Waals surface area contributed by atoms with Crippen LogP contribution >= 0.6 is 0 Å². The van der Waals surface area contributed by atoms with E-state index in [4.69, 9.17) is 5.14 Å². The number of benzene rings is 4. The smallest absolute Gasteiger partial charge is 0.255 e. The standard InChI is InChI=1S/C29H29N3O3S/c30-36(34,35)28-11-7-10-22-19-25(13-15-27(22)28)31-29(33)23-12-14-26(21-8-3-1-4-9-21)24(18-23)20-32-16-5-2-6-17-32/h1,3-4,7-15,18-19H,2,5-6,16-17,20H2,(H,31,33)(H2,30,34,35). The summed E-state index contributed by atoms with van der Waals surface area (Å²) in [6.45, 7) is 2.95. The predicted molar refractivity (Wildman–Crippen MR) is 144 cm³/mol. The van der Waals surface area contributed by atoms with Crippen LogP contribution < -0.4 is 10.5 Å².